The zero-order chi connectivity index (χ0) is 24.6. The Labute approximate surface area is 197 Å². The number of nitriles is 1. The van der Waals surface area contributed by atoms with Gasteiger partial charge >= 0.3 is 0 Å². The molecule has 0 bridgehead atoms. The number of nitrogens with zero attached hydrogens (tertiary/aromatic N) is 2. The maximum absolute atomic E-state index is 12.5. The van der Waals surface area contributed by atoms with Crippen LogP contribution in [0.15, 0.2) is 71.8 Å². The molecule has 1 amide bonds. The molecule has 1 heterocycles. The Morgan fingerprint density at radius 2 is 1.65 bits per heavy atom. The summed E-state index contributed by atoms with van der Waals surface area (Å²) >= 11 is 0. The molecule has 0 unspecified atom stereocenters. The van der Waals surface area contributed by atoms with E-state index >= 15 is 0 Å². The summed E-state index contributed by atoms with van der Waals surface area (Å²) in [4.78, 5) is 27.8. The van der Waals surface area contributed by atoms with Crippen LogP contribution in [-0.2, 0) is 16.6 Å². The fourth-order valence-electron chi connectivity index (χ4n) is 3.00. The van der Waals surface area contributed by atoms with Gasteiger partial charge in [-0.3, -0.25) is 9.59 Å². The Hall–Kier alpha value is -4.07. The summed E-state index contributed by atoms with van der Waals surface area (Å²) < 4.78 is 27.4. The van der Waals surface area contributed by atoms with Crippen molar-refractivity contribution in [2.24, 2.45) is 0 Å². The van der Waals surface area contributed by atoms with E-state index in [2.05, 4.69) is 20.3 Å². The fraction of sp³-hybridized carbons (Fsp3) is 0.167. The second-order valence-electron chi connectivity index (χ2n) is 7.30. The molecule has 9 nitrogen and oxygen atoms in total. The summed E-state index contributed by atoms with van der Waals surface area (Å²) in [5.41, 5.74) is 1.98. The van der Waals surface area contributed by atoms with E-state index in [1.165, 1.54) is 31.2 Å². The first-order valence-electron chi connectivity index (χ1n) is 10.4. The van der Waals surface area contributed by atoms with Crippen LogP contribution in [0, 0.1) is 11.3 Å². The van der Waals surface area contributed by atoms with Crippen LogP contribution in [0.4, 0.5) is 5.82 Å². The molecule has 3 aromatic rings. The third kappa shape index (κ3) is 6.48. The van der Waals surface area contributed by atoms with E-state index in [-0.39, 0.29) is 23.1 Å². The number of carbonyl (C=O) groups excluding carboxylic acids is 2. The van der Waals surface area contributed by atoms with Gasteiger partial charge in [0.1, 0.15) is 11.9 Å². The number of amides is 1. The van der Waals surface area contributed by atoms with E-state index in [4.69, 9.17) is 5.26 Å². The van der Waals surface area contributed by atoms with E-state index < -0.39 is 10.0 Å². The molecule has 0 atom stereocenters. The number of sulfonamides is 1. The van der Waals surface area contributed by atoms with Gasteiger partial charge in [0.25, 0.3) is 5.91 Å². The quantitative estimate of drug-likeness (QED) is 0.301. The van der Waals surface area contributed by atoms with Crippen LogP contribution in [0.1, 0.15) is 38.8 Å². The number of pyridine rings is 1. The third-order valence-electron chi connectivity index (χ3n) is 4.88. The lowest BCUT2D eigenvalue weighted by Crippen LogP contribution is -2.29. The summed E-state index contributed by atoms with van der Waals surface area (Å²) in [5, 5.41) is 14.8. The number of anilines is 1. The highest BCUT2D eigenvalue weighted by molar-refractivity contribution is 7.89. The van der Waals surface area contributed by atoms with E-state index in [0.717, 1.165) is 0 Å². The minimum Gasteiger partial charge on any atom is -0.367 e. The van der Waals surface area contributed by atoms with Crippen molar-refractivity contribution in [1.29, 1.82) is 5.26 Å². The number of rotatable bonds is 10. The number of carbonyl (C=O) groups is 2. The SMILES string of the molecule is CC(=O)c1ccc(S(=O)(=O)NCc2ccc(C(=O)NCCNc3ncccc3C#N)cc2)cc1. The molecular weight excluding hydrogens is 454 g/mol. The Morgan fingerprint density at radius 1 is 0.971 bits per heavy atom. The highest BCUT2D eigenvalue weighted by Gasteiger charge is 2.14. The van der Waals surface area contributed by atoms with Gasteiger partial charge in [0.15, 0.2) is 5.78 Å². The molecule has 10 heteroatoms. The average molecular weight is 478 g/mol. The van der Waals surface area contributed by atoms with Crippen LogP contribution in [0.3, 0.4) is 0 Å². The van der Waals surface area contributed by atoms with Crippen molar-refractivity contribution >= 4 is 27.5 Å². The van der Waals surface area contributed by atoms with Gasteiger partial charge in [-0.15, -0.1) is 0 Å². The van der Waals surface area contributed by atoms with Crippen molar-refractivity contribution in [2.45, 2.75) is 18.4 Å². The summed E-state index contributed by atoms with van der Waals surface area (Å²) in [5.74, 6) is 0.0421. The molecule has 0 spiro atoms. The van der Waals surface area contributed by atoms with Gasteiger partial charge in [-0.2, -0.15) is 5.26 Å². The topological polar surface area (TPSA) is 141 Å². The summed E-state index contributed by atoms with van der Waals surface area (Å²) in [6, 6.07) is 17.6. The molecule has 0 saturated carbocycles. The standard InChI is InChI=1S/C24H23N5O4S/c1-17(30)19-8-10-22(11-9-19)34(32,33)29-16-18-4-6-20(7-5-18)24(31)28-14-13-27-23-21(15-25)3-2-12-26-23/h2-12,29H,13-14,16H2,1H3,(H,26,27)(H,28,31). The summed E-state index contributed by atoms with van der Waals surface area (Å²) in [6.07, 6.45) is 1.58. The van der Waals surface area contributed by atoms with Crippen molar-refractivity contribution in [1.82, 2.24) is 15.0 Å². The van der Waals surface area contributed by atoms with Crippen LogP contribution in [0.2, 0.25) is 0 Å². The number of nitrogens with one attached hydrogen (secondary N) is 3. The summed E-state index contributed by atoms with van der Waals surface area (Å²) in [7, 11) is -3.74. The highest BCUT2D eigenvalue weighted by Crippen LogP contribution is 2.13. The number of Topliss-reactive ketones (excluding diaryl/α,β-unsaturated/α-hetero) is 1. The predicted octanol–water partition coefficient (Wildman–Crippen LogP) is 2.48. The van der Waals surface area contributed by atoms with Crippen LogP contribution in [0.5, 0.6) is 0 Å². The molecule has 3 N–H and O–H groups in total. The van der Waals surface area contributed by atoms with Crippen molar-refractivity contribution < 1.29 is 18.0 Å². The van der Waals surface area contributed by atoms with Crippen molar-refractivity contribution in [3.05, 3.63) is 89.1 Å². The minimum absolute atomic E-state index is 0.0495. The molecule has 3 rings (SSSR count). The monoisotopic (exact) mass is 477 g/mol. The van der Waals surface area contributed by atoms with Crippen LogP contribution < -0.4 is 15.4 Å². The van der Waals surface area contributed by atoms with Gasteiger partial charge in [0.2, 0.25) is 10.0 Å². The van der Waals surface area contributed by atoms with Gasteiger partial charge in [-0.05, 0) is 48.9 Å². The summed E-state index contributed by atoms with van der Waals surface area (Å²) in [6.45, 7) is 2.18. The molecule has 0 fully saturated rings. The Morgan fingerprint density at radius 3 is 2.29 bits per heavy atom. The van der Waals surface area contributed by atoms with Crippen LogP contribution in [-0.4, -0.2) is 38.2 Å². The van der Waals surface area contributed by atoms with E-state index in [1.807, 2.05) is 6.07 Å². The van der Waals surface area contributed by atoms with E-state index in [9.17, 15) is 18.0 Å². The lowest BCUT2D eigenvalue weighted by atomic mass is 10.1. The normalized spacial score (nSPS) is 10.8. The number of hydrogen-bond donors (Lipinski definition) is 3. The first-order valence-corrected chi connectivity index (χ1v) is 11.9. The first-order chi connectivity index (χ1) is 16.3. The zero-order valence-corrected chi connectivity index (χ0v) is 19.2. The lowest BCUT2D eigenvalue weighted by Gasteiger charge is -2.10. The molecule has 1 aromatic heterocycles. The first kappa shape index (κ1) is 24.6. The largest absolute Gasteiger partial charge is 0.367 e. The molecule has 174 valence electrons. The molecule has 0 saturated heterocycles. The van der Waals surface area contributed by atoms with Gasteiger partial charge in [0, 0.05) is 37.0 Å². The predicted molar refractivity (Wildman–Crippen MR) is 127 cm³/mol. The molecule has 2 aromatic carbocycles. The second-order valence-corrected chi connectivity index (χ2v) is 9.06. The van der Waals surface area contributed by atoms with Gasteiger partial charge in [-0.1, -0.05) is 24.3 Å². The molecule has 0 radical (unpaired) electrons. The van der Waals surface area contributed by atoms with Gasteiger partial charge < -0.3 is 10.6 Å². The van der Waals surface area contributed by atoms with Gasteiger partial charge in [0.05, 0.1) is 10.5 Å². The molecular formula is C24H23N5O4S. The molecule has 0 aliphatic heterocycles. The highest BCUT2D eigenvalue weighted by atomic mass is 32.2. The fourth-order valence-corrected chi connectivity index (χ4v) is 4.02. The Bertz CT molecular complexity index is 1310. The Kier molecular flexibility index (Phi) is 8.08. The molecule has 0 aliphatic carbocycles. The number of hydrogen-bond acceptors (Lipinski definition) is 7. The minimum atomic E-state index is -3.74. The lowest BCUT2D eigenvalue weighted by molar-refractivity contribution is 0.0954. The average Bonchev–Trinajstić information content (AvgIpc) is 2.86. The maximum atomic E-state index is 12.5. The third-order valence-corrected chi connectivity index (χ3v) is 6.30. The number of ketones is 1. The zero-order valence-electron chi connectivity index (χ0n) is 18.4. The van der Waals surface area contributed by atoms with Gasteiger partial charge in [-0.25, -0.2) is 18.1 Å². The van der Waals surface area contributed by atoms with E-state index in [0.29, 0.717) is 41.2 Å². The second kappa shape index (κ2) is 11.2. The van der Waals surface area contributed by atoms with Crippen LogP contribution in [0.25, 0.3) is 0 Å². The van der Waals surface area contributed by atoms with Crippen molar-refractivity contribution in [3.63, 3.8) is 0 Å². The molecule has 0 aliphatic rings. The van der Waals surface area contributed by atoms with Crippen molar-refractivity contribution in [2.75, 3.05) is 18.4 Å². The molecule has 34 heavy (non-hydrogen) atoms. The smallest absolute Gasteiger partial charge is 0.251 e. The number of benzene rings is 2. The van der Waals surface area contributed by atoms with Crippen molar-refractivity contribution in [3.8, 4) is 6.07 Å². The maximum Gasteiger partial charge on any atom is 0.251 e. The van der Waals surface area contributed by atoms with Crippen LogP contribution >= 0.6 is 0 Å². The Balaban J connectivity index is 1.49. The van der Waals surface area contributed by atoms with E-state index in [1.54, 1.807) is 42.6 Å². The number of aromatic nitrogens is 1.